The summed E-state index contributed by atoms with van der Waals surface area (Å²) in [6.07, 6.45) is 1.53. The van der Waals surface area contributed by atoms with Gasteiger partial charge in [-0.3, -0.25) is 9.59 Å². The molecule has 3 rings (SSSR count). The summed E-state index contributed by atoms with van der Waals surface area (Å²) in [7, 11) is 0. The number of nitrogens with one attached hydrogen (secondary N) is 2. The first-order chi connectivity index (χ1) is 14.1. The number of benzene rings is 3. The fourth-order valence-corrected chi connectivity index (χ4v) is 2.94. The van der Waals surface area contributed by atoms with Gasteiger partial charge in [0.15, 0.2) is 0 Å². The molecule has 0 spiro atoms. The van der Waals surface area contributed by atoms with Gasteiger partial charge in [-0.2, -0.15) is 5.10 Å². The number of hydrazone groups is 1. The van der Waals surface area contributed by atoms with Gasteiger partial charge in [-0.25, -0.2) is 5.43 Å². The average molecular weight is 406 g/mol. The molecule has 0 aliphatic heterocycles. The second-order valence-electron chi connectivity index (χ2n) is 6.32. The topological polar surface area (TPSA) is 70.6 Å². The van der Waals surface area contributed by atoms with Gasteiger partial charge < -0.3 is 5.32 Å². The molecule has 0 aromatic heterocycles. The van der Waals surface area contributed by atoms with Crippen molar-refractivity contribution in [2.75, 3.05) is 0 Å². The van der Waals surface area contributed by atoms with Crippen molar-refractivity contribution in [3.8, 4) is 0 Å². The predicted octanol–water partition coefficient (Wildman–Crippen LogP) is 4.35. The Hall–Kier alpha value is -3.44. The molecular formula is C23H20ClN3O2. The zero-order chi connectivity index (χ0) is 20.5. The highest BCUT2D eigenvalue weighted by molar-refractivity contribution is 6.33. The number of carbonyl (C=O) groups excluding carboxylic acids is 2. The highest BCUT2D eigenvalue weighted by Crippen LogP contribution is 2.17. The van der Waals surface area contributed by atoms with Crippen LogP contribution in [0.1, 0.15) is 33.9 Å². The van der Waals surface area contributed by atoms with Crippen molar-refractivity contribution >= 4 is 29.6 Å². The molecule has 0 aliphatic carbocycles. The Labute approximate surface area is 174 Å². The molecule has 0 unspecified atom stereocenters. The van der Waals surface area contributed by atoms with Crippen LogP contribution in [0, 0.1) is 0 Å². The first kappa shape index (κ1) is 20.3. The van der Waals surface area contributed by atoms with E-state index < -0.39 is 6.04 Å². The summed E-state index contributed by atoms with van der Waals surface area (Å²) in [4.78, 5) is 25.0. The first-order valence-corrected chi connectivity index (χ1v) is 9.48. The van der Waals surface area contributed by atoms with E-state index in [2.05, 4.69) is 15.8 Å². The molecule has 1 atom stereocenters. The third-order valence-electron chi connectivity index (χ3n) is 4.23. The lowest BCUT2D eigenvalue weighted by molar-refractivity contribution is -0.121. The number of nitrogens with zero attached hydrogens (tertiary/aromatic N) is 1. The summed E-state index contributed by atoms with van der Waals surface area (Å²) < 4.78 is 0. The maximum absolute atomic E-state index is 12.6. The summed E-state index contributed by atoms with van der Waals surface area (Å²) in [5.74, 6) is -0.567. The Morgan fingerprint density at radius 1 is 0.897 bits per heavy atom. The lowest BCUT2D eigenvalue weighted by Crippen LogP contribution is -2.32. The molecule has 2 amide bonds. The Bertz CT molecular complexity index is 991. The molecular weight excluding hydrogens is 386 g/mol. The summed E-state index contributed by atoms with van der Waals surface area (Å²) >= 11 is 6.07. The highest BCUT2D eigenvalue weighted by atomic mass is 35.5. The number of carbonyl (C=O) groups is 2. The minimum atomic E-state index is -0.487. The van der Waals surface area contributed by atoms with Crippen LogP contribution in [0.15, 0.2) is 90.0 Å². The molecule has 0 saturated heterocycles. The Balaban J connectivity index is 1.67. The molecule has 3 aromatic rings. The van der Waals surface area contributed by atoms with Crippen LogP contribution in [0.25, 0.3) is 0 Å². The van der Waals surface area contributed by atoms with Crippen LogP contribution in [0.3, 0.4) is 0 Å². The quantitative estimate of drug-likeness (QED) is 0.453. The van der Waals surface area contributed by atoms with E-state index in [1.165, 1.54) is 6.21 Å². The summed E-state index contributed by atoms with van der Waals surface area (Å²) in [5, 5.41) is 7.43. The van der Waals surface area contributed by atoms with E-state index in [0.717, 1.165) is 5.56 Å². The van der Waals surface area contributed by atoms with Crippen LogP contribution >= 0.6 is 11.6 Å². The Morgan fingerprint density at radius 2 is 1.52 bits per heavy atom. The van der Waals surface area contributed by atoms with Crippen LogP contribution < -0.4 is 10.7 Å². The SMILES string of the molecule is O=C(C[C@H](NC(=O)c1ccccc1)c1ccccc1)N/N=C\c1ccccc1Cl. The minimum absolute atomic E-state index is 0.0441. The van der Waals surface area contributed by atoms with Crippen molar-refractivity contribution in [1.82, 2.24) is 10.7 Å². The van der Waals surface area contributed by atoms with Crippen molar-refractivity contribution in [2.45, 2.75) is 12.5 Å². The standard InChI is InChI=1S/C23H20ClN3O2/c24-20-14-8-7-13-19(20)16-25-27-22(28)15-21(17-9-3-1-4-10-17)26-23(29)18-11-5-2-6-12-18/h1-14,16,21H,15H2,(H,26,29)(H,27,28)/b25-16-/t21-/m0/s1. The van der Waals surface area contributed by atoms with Crippen LogP contribution in [0.4, 0.5) is 0 Å². The highest BCUT2D eigenvalue weighted by Gasteiger charge is 2.19. The zero-order valence-electron chi connectivity index (χ0n) is 15.6. The molecule has 5 nitrogen and oxygen atoms in total. The second kappa shape index (κ2) is 10.2. The predicted molar refractivity (Wildman–Crippen MR) is 115 cm³/mol. The Morgan fingerprint density at radius 3 is 2.21 bits per heavy atom. The average Bonchev–Trinajstić information content (AvgIpc) is 2.76. The van der Waals surface area contributed by atoms with Crippen LogP contribution in [-0.2, 0) is 4.79 Å². The largest absolute Gasteiger partial charge is 0.345 e. The van der Waals surface area contributed by atoms with Gasteiger partial charge in [0.05, 0.1) is 18.7 Å². The van der Waals surface area contributed by atoms with Gasteiger partial charge >= 0.3 is 0 Å². The molecule has 29 heavy (non-hydrogen) atoms. The van der Waals surface area contributed by atoms with Crippen molar-refractivity contribution in [3.63, 3.8) is 0 Å². The lowest BCUT2D eigenvalue weighted by Gasteiger charge is -2.18. The van der Waals surface area contributed by atoms with Crippen molar-refractivity contribution < 1.29 is 9.59 Å². The maximum atomic E-state index is 12.6. The van der Waals surface area contributed by atoms with E-state index >= 15 is 0 Å². The number of amides is 2. The molecule has 2 N–H and O–H groups in total. The van der Waals surface area contributed by atoms with E-state index in [9.17, 15) is 9.59 Å². The molecule has 0 heterocycles. The number of hydrogen-bond donors (Lipinski definition) is 2. The third-order valence-corrected chi connectivity index (χ3v) is 4.58. The monoisotopic (exact) mass is 405 g/mol. The van der Waals surface area contributed by atoms with E-state index in [-0.39, 0.29) is 18.2 Å². The van der Waals surface area contributed by atoms with Gasteiger partial charge in [0.25, 0.3) is 5.91 Å². The van der Waals surface area contributed by atoms with Gasteiger partial charge in [-0.1, -0.05) is 78.3 Å². The van der Waals surface area contributed by atoms with E-state index in [1.54, 1.807) is 36.4 Å². The first-order valence-electron chi connectivity index (χ1n) is 9.11. The lowest BCUT2D eigenvalue weighted by atomic mass is 10.0. The number of rotatable bonds is 7. The molecule has 0 aliphatic rings. The summed E-state index contributed by atoms with van der Waals surface area (Å²) in [6.45, 7) is 0. The zero-order valence-corrected chi connectivity index (χ0v) is 16.3. The van der Waals surface area contributed by atoms with E-state index in [0.29, 0.717) is 16.1 Å². The van der Waals surface area contributed by atoms with E-state index in [4.69, 9.17) is 11.6 Å². The van der Waals surface area contributed by atoms with Crippen molar-refractivity contribution in [3.05, 3.63) is 107 Å². The van der Waals surface area contributed by atoms with Gasteiger partial charge in [0, 0.05) is 16.1 Å². The van der Waals surface area contributed by atoms with Crippen LogP contribution in [0.5, 0.6) is 0 Å². The van der Waals surface area contributed by atoms with Gasteiger partial charge in [0.2, 0.25) is 5.91 Å². The maximum Gasteiger partial charge on any atom is 0.251 e. The molecule has 0 bridgehead atoms. The van der Waals surface area contributed by atoms with Crippen LogP contribution in [-0.4, -0.2) is 18.0 Å². The molecule has 6 heteroatoms. The number of halogens is 1. The normalized spacial score (nSPS) is 11.8. The summed E-state index contributed by atoms with van der Waals surface area (Å²) in [6, 6.07) is 24.9. The van der Waals surface area contributed by atoms with E-state index in [1.807, 2.05) is 48.5 Å². The van der Waals surface area contributed by atoms with Gasteiger partial charge in [-0.05, 0) is 23.8 Å². The smallest absolute Gasteiger partial charge is 0.251 e. The number of hydrogen-bond acceptors (Lipinski definition) is 3. The van der Waals surface area contributed by atoms with Crippen molar-refractivity contribution in [2.24, 2.45) is 5.10 Å². The minimum Gasteiger partial charge on any atom is -0.345 e. The Kier molecular flexibility index (Phi) is 7.14. The summed E-state index contributed by atoms with van der Waals surface area (Å²) in [5.41, 5.74) is 4.56. The van der Waals surface area contributed by atoms with Crippen molar-refractivity contribution in [1.29, 1.82) is 0 Å². The van der Waals surface area contributed by atoms with Gasteiger partial charge in [0.1, 0.15) is 0 Å². The molecule has 0 radical (unpaired) electrons. The molecule has 0 saturated carbocycles. The molecule has 146 valence electrons. The van der Waals surface area contributed by atoms with Gasteiger partial charge in [-0.15, -0.1) is 0 Å². The third kappa shape index (κ3) is 6.02. The molecule has 3 aromatic carbocycles. The van der Waals surface area contributed by atoms with Crippen LogP contribution in [0.2, 0.25) is 5.02 Å². The molecule has 0 fully saturated rings. The fourth-order valence-electron chi connectivity index (χ4n) is 2.75. The second-order valence-corrected chi connectivity index (χ2v) is 6.73. The fraction of sp³-hybridized carbons (Fsp3) is 0.0870.